The van der Waals surface area contributed by atoms with E-state index in [1.54, 1.807) is 6.26 Å². The van der Waals surface area contributed by atoms with E-state index in [-0.39, 0.29) is 6.04 Å². The molecule has 0 amide bonds. The maximum Gasteiger partial charge on any atom is 0.241 e. The van der Waals surface area contributed by atoms with E-state index < -0.39 is 0 Å². The van der Waals surface area contributed by atoms with Crippen LogP contribution in [0.4, 0.5) is 0 Å². The lowest BCUT2D eigenvalue weighted by Crippen LogP contribution is -2.35. The first-order valence-corrected chi connectivity index (χ1v) is 9.48. The maximum atomic E-state index is 5.48. The molecule has 0 N–H and O–H groups in total. The number of hydrogen-bond acceptors (Lipinski definition) is 6. The molecule has 5 rings (SSSR count). The van der Waals surface area contributed by atoms with Gasteiger partial charge in [0.2, 0.25) is 11.7 Å². The Kier molecular flexibility index (Phi) is 3.92. The van der Waals surface area contributed by atoms with Gasteiger partial charge in [0.05, 0.1) is 18.8 Å². The van der Waals surface area contributed by atoms with Gasteiger partial charge in [-0.1, -0.05) is 35.5 Å². The molecule has 5 nitrogen and oxygen atoms in total. The lowest BCUT2D eigenvalue weighted by molar-refractivity contribution is 0.179. The van der Waals surface area contributed by atoms with Crippen LogP contribution in [0.15, 0.2) is 69.1 Å². The first kappa shape index (κ1) is 15.5. The van der Waals surface area contributed by atoms with E-state index in [0.717, 1.165) is 13.0 Å². The summed E-state index contributed by atoms with van der Waals surface area (Å²) in [6.45, 7) is 1.58. The second-order valence-corrected chi connectivity index (χ2v) is 7.32. The van der Waals surface area contributed by atoms with Crippen LogP contribution in [0.25, 0.3) is 11.6 Å². The number of furan rings is 1. The molecule has 0 aliphatic carbocycles. The van der Waals surface area contributed by atoms with Gasteiger partial charge in [0.1, 0.15) is 0 Å². The van der Waals surface area contributed by atoms with E-state index in [4.69, 9.17) is 8.94 Å². The number of aromatic nitrogens is 2. The third-order valence-electron chi connectivity index (χ3n) is 4.73. The first-order valence-electron chi connectivity index (χ1n) is 8.60. The van der Waals surface area contributed by atoms with E-state index in [1.807, 2.05) is 23.5 Å². The van der Waals surface area contributed by atoms with Crippen LogP contribution in [0, 0.1) is 0 Å². The van der Waals surface area contributed by atoms with E-state index in [1.165, 1.54) is 16.0 Å². The minimum atomic E-state index is 0.213. The van der Waals surface area contributed by atoms with Gasteiger partial charge in [-0.3, -0.25) is 4.90 Å². The highest BCUT2D eigenvalue weighted by Crippen LogP contribution is 2.38. The highest BCUT2D eigenvalue weighted by molar-refractivity contribution is 7.10. The Hall–Kier alpha value is -2.70. The number of hydrogen-bond donors (Lipinski definition) is 0. The van der Waals surface area contributed by atoms with Crippen LogP contribution in [0.3, 0.4) is 0 Å². The molecular formula is C20H17N3O2S. The van der Waals surface area contributed by atoms with Crippen molar-refractivity contribution in [3.63, 3.8) is 0 Å². The number of thiophene rings is 1. The lowest BCUT2D eigenvalue weighted by Gasteiger charge is -2.35. The van der Waals surface area contributed by atoms with Gasteiger partial charge >= 0.3 is 0 Å². The van der Waals surface area contributed by atoms with E-state index in [9.17, 15) is 0 Å². The summed E-state index contributed by atoms with van der Waals surface area (Å²) in [5.74, 6) is 1.73. The largest absolute Gasteiger partial charge is 0.461 e. The predicted molar refractivity (Wildman–Crippen MR) is 98.7 cm³/mol. The van der Waals surface area contributed by atoms with Crippen molar-refractivity contribution in [2.24, 2.45) is 0 Å². The SMILES string of the molecule is c1ccc([C@@H]2c3ccsc3CCN2Cc2nc(-c3ccco3)no2)cc1. The summed E-state index contributed by atoms with van der Waals surface area (Å²) in [5, 5.41) is 6.24. The first-order chi connectivity index (χ1) is 12.9. The van der Waals surface area contributed by atoms with E-state index in [0.29, 0.717) is 24.0 Å². The van der Waals surface area contributed by atoms with Crippen molar-refractivity contribution in [2.45, 2.75) is 19.0 Å². The van der Waals surface area contributed by atoms with Gasteiger partial charge in [0, 0.05) is 11.4 Å². The molecule has 0 spiro atoms. The topological polar surface area (TPSA) is 55.3 Å². The molecule has 130 valence electrons. The molecule has 1 aliphatic heterocycles. The van der Waals surface area contributed by atoms with E-state index in [2.05, 4.69) is 56.8 Å². The number of rotatable bonds is 4. The summed E-state index contributed by atoms with van der Waals surface area (Å²) in [4.78, 5) is 8.38. The summed E-state index contributed by atoms with van der Waals surface area (Å²) < 4.78 is 10.8. The molecule has 0 bridgehead atoms. The van der Waals surface area contributed by atoms with Gasteiger partial charge in [-0.25, -0.2) is 0 Å². The van der Waals surface area contributed by atoms with Gasteiger partial charge in [-0.15, -0.1) is 11.3 Å². The number of nitrogens with zero attached hydrogens (tertiary/aromatic N) is 3. The lowest BCUT2D eigenvalue weighted by atomic mass is 9.93. The summed E-state index contributed by atoms with van der Waals surface area (Å²) in [6.07, 6.45) is 2.66. The Morgan fingerprint density at radius 1 is 1.12 bits per heavy atom. The molecular weight excluding hydrogens is 346 g/mol. The Morgan fingerprint density at radius 3 is 2.88 bits per heavy atom. The van der Waals surface area contributed by atoms with Gasteiger partial charge in [0.15, 0.2) is 5.76 Å². The molecule has 0 saturated carbocycles. The molecule has 6 heteroatoms. The van der Waals surface area contributed by atoms with Gasteiger partial charge in [-0.05, 0) is 41.1 Å². The molecule has 3 aromatic heterocycles. The Balaban J connectivity index is 1.46. The summed E-state index contributed by atoms with van der Waals surface area (Å²) >= 11 is 1.84. The van der Waals surface area contributed by atoms with Crippen LogP contribution in [0.5, 0.6) is 0 Å². The molecule has 4 aromatic rings. The molecule has 0 fully saturated rings. The minimum Gasteiger partial charge on any atom is -0.461 e. The third kappa shape index (κ3) is 2.77. The van der Waals surface area contributed by atoms with Crippen LogP contribution in [0.1, 0.15) is 27.9 Å². The Labute approximate surface area is 154 Å². The standard InChI is InChI=1S/C20H17N3O2S/c1-2-5-14(6-3-1)19-15-9-12-26-17(15)8-10-23(19)13-18-21-20(22-25-18)16-7-4-11-24-16/h1-7,9,11-12,19H,8,10,13H2/t19-/m1/s1. The molecule has 26 heavy (non-hydrogen) atoms. The third-order valence-corrected chi connectivity index (χ3v) is 5.73. The van der Waals surface area contributed by atoms with Crippen molar-refractivity contribution in [3.05, 3.63) is 82.1 Å². The highest BCUT2D eigenvalue weighted by atomic mass is 32.1. The number of benzene rings is 1. The van der Waals surface area contributed by atoms with Crippen molar-refractivity contribution in [3.8, 4) is 11.6 Å². The van der Waals surface area contributed by atoms with Crippen LogP contribution < -0.4 is 0 Å². The second-order valence-electron chi connectivity index (χ2n) is 6.32. The zero-order chi connectivity index (χ0) is 17.3. The van der Waals surface area contributed by atoms with E-state index >= 15 is 0 Å². The maximum absolute atomic E-state index is 5.48. The van der Waals surface area contributed by atoms with Crippen LogP contribution >= 0.6 is 11.3 Å². The molecule has 1 atom stereocenters. The highest BCUT2D eigenvalue weighted by Gasteiger charge is 2.30. The van der Waals surface area contributed by atoms with Crippen LogP contribution in [-0.4, -0.2) is 21.6 Å². The number of fused-ring (bicyclic) bond motifs is 1. The zero-order valence-electron chi connectivity index (χ0n) is 14.0. The minimum absolute atomic E-state index is 0.213. The molecule has 1 aliphatic rings. The molecule has 0 radical (unpaired) electrons. The fraction of sp³-hybridized carbons (Fsp3) is 0.200. The van der Waals surface area contributed by atoms with Gasteiger partial charge in [-0.2, -0.15) is 4.98 Å². The summed E-state index contributed by atoms with van der Waals surface area (Å²) in [5.41, 5.74) is 2.68. The Bertz CT molecular complexity index is 991. The molecule has 0 unspecified atom stereocenters. The van der Waals surface area contributed by atoms with Crippen molar-refractivity contribution < 1.29 is 8.94 Å². The average molecular weight is 363 g/mol. The fourth-order valence-corrected chi connectivity index (χ4v) is 4.47. The second kappa shape index (κ2) is 6.55. The van der Waals surface area contributed by atoms with Crippen molar-refractivity contribution in [2.75, 3.05) is 6.54 Å². The van der Waals surface area contributed by atoms with Crippen molar-refractivity contribution in [1.29, 1.82) is 0 Å². The molecule has 4 heterocycles. The average Bonchev–Trinajstić information content (AvgIpc) is 3.43. The zero-order valence-corrected chi connectivity index (χ0v) is 14.9. The monoisotopic (exact) mass is 363 g/mol. The Morgan fingerprint density at radius 2 is 2.04 bits per heavy atom. The van der Waals surface area contributed by atoms with Crippen molar-refractivity contribution >= 4 is 11.3 Å². The summed E-state index contributed by atoms with van der Waals surface area (Å²) in [6, 6.07) is 16.7. The molecule has 0 saturated heterocycles. The summed E-state index contributed by atoms with van der Waals surface area (Å²) in [7, 11) is 0. The van der Waals surface area contributed by atoms with Gasteiger partial charge < -0.3 is 8.94 Å². The predicted octanol–water partition coefficient (Wildman–Crippen LogP) is 4.54. The molecule has 1 aromatic carbocycles. The van der Waals surface area contributed by atoms with Crippen LogP contribution in [-0.2, 0) is 13.0 Å². The normalized spacial score (nSPS) is 17.3. The van der Waals surface area contributed by atoms with Crippen molar-refractivity contribution in [1.82, 2.24) is 15.0 Å². The fourth-order valence-electron chi connectivity index (χ4n) is 3.56. The quantitative estimate of drug-likeness (QED) is 0.533. The van der Waals surface area contributed by atoms with Crippen LogP contribution in [0.2, 0.25) is 0 Å². The smallest absolute Gasteiger partial charge is 0.241 e. The van der Waals surface area contributed by atoms with Gasteiger partial charge in [0.25, 0.3) is 0 Å².